The van der Waals surface area contributed by atoms with E-state index >= 15 is 0 Å². The minimum Gasteiger partial charge on any atom is -0.353 e. The highest BCUT2D eigenvalue weighted by Gasteiger charge is 2.35. The molecule has 2 atom stereocenters. The number of thiazole rings is 1. The number of carbonyl (C=O) groups is 1. The quantitative estimate of drug-likeness (QED) is 0.792. The van der Waals surface area contributed by atoms with Crippen molar-refractivity contribution in [1.82, 2.24) is 14.3 Å². The Balaban J connectivity index is 1.72. The zero-order valence-corrected chi connectivity index (χ0v) is 12.3. The van der Waals surface area contributed by atoms with E-state index in [4.69, 9.17) is 0 Å². The first-order valence-corrected chi connectivity index (χ1v) is 8.03. The lowest BCUT2D eigenvalue weighted by Crippen LogP contribution is -2.37. The Morgan fingerprint density at radius 1 is 1.35 bits per heavy atom. The van der Waals surface area contributed by atoms with Gasteiger partial charge in [0.25, 0.3) is 0 Å². The number of nitrogens with zero attached hydrogens (tertiary/aromatic N) is 4. The van der Waals surface area contributed by atoms with Crippen LogP contribution < -0.4 is 4.90 Å². The van der Waals surface area contributed by atoms with Gasteiger partial charge in [0.15, 0.2) is 17.1 Å². The third-order valence-electron chi connectivity index (χ3n) is 4.84. The van der Waals surface area contributed by atoms with Gasteiger partial charge in [-0.15, -0.1) is 11.3 Å². The monoisotopic (exact) mass is 290 g/mol. The number of likely N-dealkylation sites (N-methyl/N-ethyl adjacent to an activating group) is 1. The van der Waals surface area contributed by atoms with Crippen molar-refractivity contribution in [3.63, 3.8) is 0 Å². The third kappa shape index (κ3) is 1.71. The average Bonchev–Trinajstić information content (AvgIpc) is 3.04. The lowest BCUT2D eigenvalue weighted by Gasteiger charge is -2.26. The summed E-state index contributed by atoms with van der Waals surface area (Å²) in [4.78, 5) is 21.9. The summed E-state index contributed by atoms with van der Waals surface area (Å²) in [6.45, 7) is 1.98. The van der Waals surface area contributed by atoms with Crippen LogP contribution in [0.4, 0.5) is 5.82 Å². The first-order chi connectivity index (χ1) is 9.78. The lowest BCUT2D eigenvalue weighted by molar-refractivity contribution is 0.111. The van der Waals surface area contributed by atoms with Gasteiger partial charge in [-0.25, -0.2) is 4.98 Å². The van der Waals surface area contributed by atoms with Gasteiger partial charge in [0.05, 0.1) is 0 Å². The number of fused-ring (bicyclic) bond motifs is 3. The molecule has 2 aliphatic heterocycles. The minimum atomic E-state index is 0.599. The summed E-state index contributed by atoms with van der Waals surface area (Å²) in [5, 5.41) is 1.97. The zero-order chi connectivity index (χ0) is 13.7. The predicted molar refractivity (Wildman–Crippen MR) is 79.9 cm³/mol. The third-order valence-corrected chi connectivity index (χ3v) is 5.60. The molecule has 5 nitrogen and oxygen atoms in total. The fourth-order valence-corrected chi connectivity index (χ4v) is 4.35. The van der Waals surface area contributed by atoms with Crippen molar-refractivity contribution >= 4 is 28.4 Å². The van der Waals surface area contributed by atoms with Crippen LogP contribution in [0, 0.1) is 0 Å². The fourth-order valence-electron chi connectivity index (χ4n) is 3.64. The number of hydrogen-bond acceptors (Lipinski definition) is 5. The molecule has 20 heavy (non-hydrogen) atoms. The first-order valence-electron chi connectivity index (χ1n) is 7.15. The lowest BCUT2D eigenvalue weighted by atomic mass is 10.1. The highest BCUT2D eigenvalue weighted by atomic mass is 32.1. The van der Waals surface area contributed by atoms with Crippen LogP contribution in [0.2, 0.25) is 0 Å². The molecule has 2 fully saturated rings. The molecule has 106 valence electrons. The number of hydrogen-bond donors (Lipinski definition) is 0. The molecule has 2 aliphatic rings. The standard InChI is InChI=1S/C14H18N4OS/c1-16-10-2-3-11(16)8-17(5-4-10)13-12(9-19)18-6-7-20-14(18)15-13/h6-7,9-11H,2-5,8H2,1H3. The van der Waals surface area contributed by atoms with Gasteiger partial charge in [-0.1, -0.05) is 0 Å². The molecule has 0 N–H and O–H groups in total. The van der Waals surface area contributed by atoms with Crippen LogP contribution in [0.3, 0.4) is 0 Å². The van der Waals surface area contributed by atoms with Gasteiger partial charge in [0.2, 0.25) is 0 Å². The number of carbonyl (C=O) groups excluding carboxylic acids is 1. The van der Waals surface area contributed by atoms with E-state index in [1.165, 1.54) is 12.8 Å². The predicted octanol–water partition coefficient (Wildman–Crippen LogP) is 1.88. The van der Waals surface area contributed by atoms with Crippen LogP contribution in [-0.4, -0.2) is 52.8 Å². The Labute approximate surface area is 121 Å². The second-order valence-corrected chi connectivity index (χ2v) is 6.65. The zero-order valence-electron chi connectivity index (χ0n) is 11.5. The SMILES string of the molecule is CN1C2CCC1CN(c1nc3sccn3c1C=O)CC2. The molecule has 0 aliphatic carbocycles. The van der Waals surface area contributed by atoms with E-state index in [1.807, 2.05) is 16.0 Å². The maximum Gasteiger partial charge on any atom is 0.196 e. The van der Waals surface area contributed by atoms with Crippen molar-refractivity contribution in [1.29, 1.82) is 0 Å². The number of imidazole rings is 1. The summed E-state index contributed by atoms with van der Waals surface area (Å²) in [6.07, 6.45) is 6.60. The highest BCUT2D eigenvalue weighted by Crippen LogP contribution is 2.32. The van der Waals surface area contributed by atoms with Gasteiger partial charge in [-0.3, -0.25) is 14.1 Å². The summed E-state index contributed by atoms with van der Waals surface area (Å²) in [5.74, 6) is 0.868. The molecular weight excluding hydrogens is 272 g/mol. The molecule has 2 unspecified atom stereocenters. The summed E-state index contributed by atoms with van der Waals surface area (Å²) in [5.41, 5.74) is 0.696. The van der Waals surface area contributed by atoms with Crippen molar-refractivity contribution in [3.05, 3.63) is 17.3 Å². The molecule has 2 saturated heterocycles. The van der Waals surface area contributed by atoms with Crippen molar-refractivity contribution in [3.8, 4) is 0 Å². The van der Waals surface area contributed by atoms with Gasteiger partial charge >= 0.3 is 0 Å². The molecule has 4 rings (SSSR count). The Morgan fingerprint density at radius 3 is 3.05 bits per heavy atom. The second-order valence-electron chi connectivity index (χ2n) is 5.78. The first kappa shape index (κ1) is 12.3. The van der Waals surface area contributed by atoms with E-state index in [0.717, 1.165) is 36.6 Å². The number of anilines is 1. The van der Waals surface area contributed by atoms with Crippen molar-refractivity contribution in [2.75, 3.05) is 25.0 Å². The van der Waals surface area contributed by atoms with E-state index in [2.05, 4.69) is 21.8 Å². The van der Waals surface area contributed by atoms with E-state index in [1.54, 1.807) is 11.3 Å². The molecule has 2 bridgehead atoms. The molecule has 0 aromatic carbocycles. The van der Waals surface area contributed by atoms with Gasteiger partial charge < -0.3 is 4.90 Å². The Kier molecular flexibility index (Phi) is 2.82. The van der Waals surface area contributed by atoms with Crippen LogP contribution in [0.1, 0.15) is 29.8 Å². The van der Waals surface area contributed by atoms with E-state index < -0.39 is 0 Å². The maximum atomic E-state index is 11.5. The molecule has 2 aromatic rings. The van der Waals surface area contributed by atoms with Crippen LogP contribution in [-0.2, 0) is 0 Å². The minimum absolute atomic E-state index is 0.599. The molecule has 2 aromatic heterocycles. The number of aldehydes is 1. The molecule has 0 radical (unpaired) electrons. The van der Waals surface area contributed by atoms with E-state index in [9.17, 15) is 4.79 Å². The number of rotatable bonds is 2. The fraction of sp³-hybridized carbons (Fsp3) is 0.571. The van der Waals surface area contributed by atoms with Gasteiger partial charge in [0, 0.05) is 36.8 Å². The molecule has 4 heterocycles. The van der Waals surface area contributed by atoms with Crippen LogP contribution >= 0.6 is 11.3 Å². The van der Waals surface area contributed by atoms with Crippen LogP contribution in [0.5, 0.6) is 0 Å². The molecule has 0 amide bonds. The average molecular weight is 290 g/mol. The highest BCUT2D eigenvalue weighted by molar-refractivity contribution is 7.15. The van der Waals surface area contributed by atoms with E-state index in [-0.39, 0.29) is 0 Å². The van der Waals surface area contributed by atoms with Gasteiger partial charge in [-0.2, -0.15) is 0 Å². The van der Waals surface area contributed by atoms with E-state index in [0.29, 0.717) is 17.8 Å². The largest absolute Gasteiger partial charge is 0.353 e. The van der Waals surface area contributed by atoms with Crippen molar-refractivity contribution < 1.29 is 4.79 Å². The van der Waals surface area contributed by atoms with Crippen molar-refractivity contribution in [2.45, 2.75) is 31.3 Å². The normalized spacial score (nSPS) is 27.1. The molecule has 0 spiro atoms. The smallest absolute Gasteiger partial charge is 0.196 e. The number of aromatic nitrogens is 2. The van der Waals surface area contributed by atoms with Gasteiger partial charge in [-0.05, 0) is 26.3 Å². The summed E-state index contributed by atoms with van der Waals surface area (Å²) < 4.78 is 1.90. The summed E-state index contributed by atoms with van der Waals surface area (Å²) in [7, 11) is 2.23. The van der Waals surface area contributed by atoms with Crippen LogP contribution in [0.25, 0.3) is 4.96 Å². The van der Waals surface area contributed by atoms with Crippen molar-refractivity contribution in [2.24, 2.45) is 0 Å². The molecule has 6 heteroatoms. The Bertz CT molecular complexity index is 649. The topological polar surface area (TPSA) is 40.9 Å². The Morgan fingerprint density at radius 2 is 2.20 bits per heavy atom. The Hall–Kier alpha value is -1.40. The van der Waals surface area contributed by atoms with Gasteiger partial charge in [0.1, 0.15) is 5.69 Å². The van der Waals surface area contributed by atoms with Crippen LogP contribution in [0.15, 0.2) is 11.6 Å². The second kappa shape index (κ2) is 4.56. The summed E-state index contributed by atoms with van der Waals surface area (Å²) >= 11 is 1.58. The maximum absolute atomic E-state index is 11.5. The molecule has 0 saturated carbocycles. The summed E-state index contributed by atoms with van der Waals surface area (Å²) in [6, 6.07) is 1.30. The molecular formula is C14H18N4OS.